The Balaban J connectivity index is 2.48. The second-order valence-electron chi connectivity index (χ2n) is 5.20. The average molecular weight is 287 g/mol. The number of nitrogens with one attached hydrogen (secondary N) is 1. The number of halogens is 1. The van der Waals surface area contributed by atoms with Crippen molar-refractivity contribution in [1.82, 2.24) is 5.32 Å². The summed E-state index contributed by atoms with van der Waals surface area (Å²) in [4.78, 5) is 0. The number of hydrogen-bond acceptors (Lipinski definition) is 2. The first-order chi connectivity index (χ1) is 10.1. The molecule has 0 saturated carbocycles. The van der Waals surface area contributed by atoms with Gasteiger partial charge >= 0.3 is 0 Å². The monoisotopic (exact) mass is 287 g/mol. The van der Waals surface area contributed by atoms with Crippen molar-refractivity contribution in [2.24, 2.45) is 0 Å². The largest absolute Gasteiger partial charge is 0.496 e. The zero-order valence-electron chi connectivity index (χ0n) is 13.0. The Labute approximate surface area is 126 Å². The molecule has 1 atom stereocenters. The Hall–Kier alpha value is -1.87. The van der Waals surface area contributed by atoms with Gasteiger partial charge in [0.15, 0.2) is 0 Å². The van der Waals surface area contributed by atoms with Crippen molar-refractivity contribution < 1.29 is 9.13 Å². The first-order valence-corrected chi connectivity index (χ1v) is 7.21. The quantitative estimate of drug-likeness (QED) is 0.892. The molecule has 0 spiro atoms. The van der Waals surface area contributed by atoms with Crippen LogP contribution in [0, 0.1) is 19.7 Å². The molecule has 0 aliphatic heterocycles. The van der Waals surface area contributed by atoms with E-state index in [0.717, 1.165) is 23.4 Å². The number of hydrogen-bond donors (Lipinski definition) is 1. The number of methoxy groups -OCH3 is 1. The minimum atomic E-state index is -0.153. The third-order valence-electron chi connectivity index (χ3n) is 3.69. The first kappa shape index (κ1) is 15.5. The summed E-state index contributed by atoms with van der Waals surface area (Å²) in [5.74, 6) is 0.704. The van der Waals surface area contributed by atoms with Gasteiger partial charge in [-0.2, -0.15) is 0 Å². The standard InChI is InChI=1S/C18H22FNO/c1-5-20-18(15-8-6-7-12(2)17(15)19)14-9-10-16(21-4)13(3)11-14/h6-11,18,20H,5H2,1-4H3. The highest BCUT2D eigenvalue weighted by atomic mass is 19.1. The summed E-state index contributed by atoms with van der Waals surface area (Å²) >= 11 is 0. The molecule has 0 aliphatic carbocycles. The van der Waals surface area contributed by atoms with E-state index in [-0.39, 0.29) is 11.9 Å². The van der Waals surface area contributed by atoms with Crippen LogP contribution in [0.3, 0.4) is 0 Å². The molecule has 0 bridgehead atoms. The molecule has 0 saturated heterocycles. The lowest BCUT2D eigenvalue weighted by molar-refractivity contribution is 0.411. The van der Waals surface area contributed by atoms with Crippen molar-refractivity contribution >= 4 is 0 Å². The molecule has 112 valence electrons. The van der Waals surface area contributed by atoms with Gasteiger partial charge in [-0.3, -0.25) is 0 Å². The zero-order chi connectivity index (χ0) is 15.4. The molecule has 0 fully saturated rings. The van der Waals surface area contributed by atoms with Gasteiger partial charge in [-0.05, 0) is 43.1 Å². The fourth-order valence-electron chi connectivity index (χ4n) is 2.59. The van der Waals surface area contributed by atoms with Gasteiger partial charge in [0.2, 0.25) is 0 Å². The van der Waals surface area contributed by atoms with Crippen molar-refractivity contribution in [1.29, 1.82) is 0 Å². The van der Waals surface area contributed by atoms with Crippen LogP contribution in [0.4, 0.5) is 4.39 Å². The number of benzene rings is 2. The minimum absolute atomic E-state index is 0.142. The molecule has 0 amide bonds. The van der Waals surface area contributed by atoms with Crippen molar-refractivity contribution in [3.05, 3.63) is 64.5 Å². The maximum atomic E-state index is 14.4. The lowest BCUT2D eigenvalue weighted by Gasteiger charge is -2.21. The van der Waals surface area contributed by atoms with Crippen molar-refractivity contribution in [3.63, 3.8) is 0 Å². The van der Waals surface area contributed by atoms with Crippen LogP contribution in [0.15, 0.2) is 36.4 Å². The van der Waals surface area contributed by atoms with Gasteiger partial charge in [0.05, 0.1) is 13.2 Å². The van der Waals surface area contributed by atoms with Crippen LogP contribution in [-0.4, -0.2) is 13.7 Å². The highest BCUT2D eigenvalue weighted by Crippen LogP contribution is 2.29. The highest BCUT2D eigenvalue weighted by molar-refractivity contribution is 5.41. The molecule has 1 unspecified atom stereocenters. The minimum Gasteiger partial charge on any atom is -0.496 e. The molecule has 2 nitrogen and oxygen atoms in total. The van der Waals surface area contributed by atoms with E-state index in [2.05, 4.69) is 5.32 Å². The van der Waals surface area contributed by atoms with E-state index in [1.807, 2.05) is 44.2 Å². The Morgan fingerprint density at radius 3 is 2.52 bits per heavy atom. The molecule has 1 N–H and O–H groups in total. The smallest absolute Gasteiger partial charge is 0.131 e. The van der Waals surface area contributed by atoms with E-state index >= 15 is 0 Å². The summed E-state index contributed by atoms with van der Waals surface area (Å²) in [5, 5.41) is 3.37. The van der Waals surface area contributed by atoms with Crippen LogP contribution in [0.25, 0.3) is 0 Å². The summed E-state index contributed by atoms with van der Waals surface area (Å²) in [7, 11) is 1.66. The fraction of sp³-hybridized carbons (Fsp3) is 0.333. The van der Waals surface area contributed by atoms with E-state index in [4.69, 9.17) is 4.74 Å². The second-order valence-corrected chi connectivity index (χ2v) is 5.20. The molecular formula is C18H22FNO. The molecule has 2 aromatic rings. The van der Waals surface area contributed by atoms with Gasteiger partial charge in [-0.25, -0.2) is 4.39 Å². The number of ether oxygens (including phenoxy) is 1. The molecule has 2 aromatic carbocycles. The highest BCUT2D eigenvalue weighted by Gasteiger charge is 2.18. The van der Waals surface area contributed by atoms with E-state index in [1.165, 1.54) is 0 Å². The predicted molar refractivity (Wildman–Crippen MR) is 84.4 cm³/mol. The maximum absolute atomic E-state index is 14.4. The molecule has 2 rings (SSSR count). The third-order valence-corrected chi connectivity index (χ3v) is 3.69. The van der Waals surface area contributed by atoms with Gasteiger partial charge in [0.25, 0.3) is 0 Å². The lowest BCUT2D eigenvalue weighted by Crippen LogP contribution is -2.23. The molecule has 0 heterocycles. The molecule has 0 aliphatic rings. The van der Waals surface area contributed by atoms with Gasteiger partial charge in [0.1, 0.15) is 11.6 Å². The fourth-order valence-corrected chi connectivity index (χ4v) is 2.59. The summed E-state index contributed by atoms with van der Waals surface area (Å²) in [6, 6.07) is 11.3. The SMILES string of the molecule is CCNC(c1ccc(OC)c(C)c1)c1cccc(C)c1F. The van der Waals surface area contributed by atoms with E-state index in [9.17, 15) is 4.39 Å². The van der Waals surface area contributed by atoms with Crippen molar-refractivity contribution in [3.8, 4) is 5.75 Å². The number of aryl methyl sites for hydroxylation is 2. The molecular weight excluding hydrogens is 265 g/mol. The van der Waals surface area contributed by atoms with Crippen LogP contribution < -0.4 is 10.1 Å². The van der Waals surface area contributed by atoms with E-state index in [0.29, 0.717) is 11.1 Å². The van der Waals surface area contributed by atoms with Crippen molar-refractivity contribution in [2.75, 3.05) is 13.7 Å². The first-order valence-electron chi connectivity index (χ1n) is 7.21. The van der Waals surface area contributed by atoms with E-state index < -0.39 is 0 Å². The van der Waals surface area contributed by atoms with Gasteiger partial charge < -0.3 is 10.1 Å². The van der Waals surface area contributed by atoms with Gasteiger partial charge in [-0.1, -0.05) is 37.3 Å². The van der Waals surface area contributed by atoms with E-state index in [1.54, 1.807) is 20.1 Å². The molecule has 0 radical (unpaired) electrons. The molecule has 0 aromatic heterocycles. The molecule has 3 heteroatoms. The van der Waals surface area contributed by atoms with Crippen LogP contribution >= 0.6 is 0 Å². The Morgan fingerprint density at radius 1 is 1.14 bits per heavy atom. The Bertz CT molecular complexity index is 625. The average Bonchev–Trinajstić information content (AvgIpc) is 2.48. The van der Waals surface area contributed by atoms with Gasteiger partial charge in [0, 0.05) is 5.56 Å². The topological polar surface area (TPSA) is 21.3 Å². The Morgan fingerprint density at radius 2 is 1.90 bits per heavy atom. The van der Waals surface area contributed by atoms with Crippen molar-refractivity contribution in [2.45, 2.75) is 26.8 Å². The zero-order valence-corrected chi connectivity index (χ0v) is 13.0. The van der Waals surface area contributed by atoms with Crippen LogP contribution in [0.2, 0.25) is 0 Å². The second kappa shape index (κ2) is 6.72. The summed E-state index contributed by atoms with van der Waals surface area (Å²) in [6.07, 6.45) is 0. The van der Waals surface area contributed by atoms with Crippen LogP contribution in [0.5, 0.6) is 5.75 Å². The maximum Gasteiger partial charge on any atom is 0.131 e. The number of rotatable bonds is 5. The summed E-state index contributed by atoms with van der Waals surface area (Å²) < 4.78 is 19.7. The third kappa shape index (κ3) is 3.24. The summed E-state index contributed by atoms with van der Waals surface area (Å²) in [6.45, 7) is 6.58. The normalized spacial score (nSPS) is 12.2. The molecule has 21 heavy (non-hydrogen) atoms. The predicted octanol–water partition coefficient (Wildman–Crippen LogP) is 4.15. The Kier molecular flexibility index (Phi) is 4.97. The lowest BCUT2D eigenvalue weighted by atomic mass is 9.95. The van der Waals surface area contributed by atoms with Gasteiger partial charge in [-0.15, -0.1) is 0 Å². The van der Waals surface area contributed by atoms with Crippen LogP contribution in [-0.2, 0) is 0 Å². The van der Waals surface area contributed by atoms with Crippen LogP contribution in [0.1, 0.15) is 35.2 Å². The summed E-state index contributed by atoms with van der Waals surface area (Å²) in [5.41, 5.74) is 3.44.